The summed E-state index contributed by atoms with van der Waals surface area (Å²) in [5.74, 6) is -0.0365. The number of carbonyl (C=O) groups is 1. The monoisotopic (exact) mass is 335 g/mol. The highest BCUT2D eigenvalue weighted by Crippen LogP contribution is 2.23. The molecule has 1 fully saturated rings. The van der Waals surface area contributed by atoms with Crippen LogP contribution in [0.1, 0.15) is 48.9 Å². The Bertz CT molecular complexity index is 569. The molecule has 0 aliphatic heterocycles. The van der Waals surface area contributed by atoms with E-state index in [2.05, 4.69) is 10.6 Å². The fraction of sp³-hybridized carbons (Fsp3) is 0.588. The van der Waals surface area contributed by atoms with E-state index in [9.17, 15) is 14.9 Å². The number of hydrogen-bond acceptors (Lipinski definition) is 5. The van der Waals surface area contributed by atoms with Crippen molar-refractivity contribution in [2.45, 2.75) is 44.6 Å². The van der Waals surface area contributed by atoms with Crippen molar-refractivity contribution in [1.82, 2.24) is 10.6 Å². The number of methoxy groups -OCH3 is 1. The number of ether oxygens (including phenoxy) is 1. The second-order valence-corrected chi connectivity index (χ2v) is 6.04. The van der Waals surface area contributed by atoms with Gasteiger partial charge in [-0.05, 0) is 25.0 Å². The van der Waals surface area contributed by atoms with Crippen molar-refractivity contribution in [2.24, 2.45) is 0 Å². The molecule has 1 aromatic rings. The van der Waals surface area contributed by atoms with E-state index in [0.29, 0.717) is 24.9 Å². The number of carbonyl (C=O) groups excluding carboxylic acids is 1. The Morgan fingerprint density at radius 3 is 2.58 bits per heavy atom. The second-order valence-electron chi connectivity index (χ2n) is 6.04. The van der Waals surface area contributed by atoms with Gasteiger partial charge in [0.2, 0.25) is 0 Å². The first-order valence-corrected chi connectivity index (χ1v) is 8.46. The van der Waals surface area contributed by atoms with Gasteiger partial charge in [-0.1, -0.05) is 25.7 Å². The first-order valence-electron chi connectivity index (χ1n) is 8.46. The third-order valence-electron chi connectivity index (χ3n) is 4.34. The molecule has 24 heavy (non-hydrogen) atoms. The van der Waals surface area contributed by atoms with Crippen molar-refractivity contribution >= 4 is 11.6 Å². The topological polar surface area (TPSA) is 93.5 Å². The summed E-state index contributed by atoms with van der Waals surface area (Å²) in [5.41, 5.74) is -0.196. The van der Waals surface area contributed by atoms with E-state index in [0.717, 1.165) is 0 Å². The van der Waals surface area contributed by atoms with E-state index in [1.54, 1.807) is 0 Å². The SMILES string of the molecule is COc1ccc([N+](=O)[O-])c(C(=O)NCCNC2CCCCCC2)c1. The van der Waals surface area contributed by atoms with Crippen LogP contribution < -0.4 is 15.4 Å². The van der Waals surface area contributed by atoms with Gasteiger partial charge >= 0.3 is 0 Å². The van der Waals surface area contributed by atoms with Crippen molar-refractivity contribution in [3.8, 4) is 5.75 Å². The molecule has 0 spiro atoms. The van der Waals surface area contributed by atoms with Crippen LogP contribution in [-0.4, -0.2) is 37.1 Å². The molecule has 0 bridgehead atoms. The van der Waals surface area contributed by atoms with Crippen LogP contribution in [-0.2, 0) is 0 Å². The number of nitrogens with one attached hydrogen (secondary N) is 2. The fourth-order valence-corrected chi connectivity index (χ4v) is 3.01. The minimum Gasteiger partial charge on any atom is -0.497 e. The number of amides is 1. The van der Waals surface area contributed by atoms with E-state index in [4.69, 9.17) is 4.74 Å². The van der Waals surface area contributed by atoms with Gasteiger partial charge in [-0.3, -0.25) is 14.9 Å². The summed E-state index contributed by atoms with van der Waals surface area (Å²) in [5, 5.41) is 17.3. The molecule has 0 atom stereocenters. The molecule has 1 amide bonds. The lowest BCUT2D eigenvalue weighted by atomic mass is 10.1. The summed E-state index contributed by atoms with van der Waals surface area (Å²) in [6.07, 6.45) is 7.45. The van der Waals surface area contributed by atoms with E-state index in [1.807, 2.05) is 0 Å². The van der Waals surface area contributed by atoms with Gasteiger partial charge in [-0.25, -0.2) is 0 Å². The van der Waals surface area contributed by atoms with E-state index < -0.39 is 10.8 Å². The average molecular weight is 335 g/mol. The lowest BCUT2D eigenvalue weighted by Crippen LogP contribution is -2.37. The zero-order chi connectivity index (χ0) is 17.4. The van der Waals surface area contributed by atoms with Crippen LogP contribution >= 0.6 is 0 Å². The standard InChI is InChI=1S/C17H25N3O4/c1-24-14-8-9-16(20(22)23)15(12-14)17(21)19-11-10-18-13-6-4-2-3-5-7-13/h8-9,12-13,18H,2-7,10-11H2,1H3,(H,19,21). The van der Waals surface area contributed by atoms with Gasteiger partial charge in [0, 0.05) is 25.2 Å². The number of rotatable bonds is 7. The third-order valence-corrected chi connectivity index (χ3v) is 4.34. The largest absolute Gasteiger partial charge is 0.497 e. The van der Waals surface area contributed by atoms with Crippen LogP contribution in [0.25, 0.3) is 0 Å². The molecule has 132 valence electrons. The van der Waals surface area contributed by atoms with Crippen LogP contribution in [0.4, 0.5) is 5.69 Å². The van der Waals surface area contributed by atoms with E-state index in [1.165, 1.54) is 63.8 Å². The minimum absolute atomic E-state index is 0.0221. The van der Waals surface area contributed by atoms with Gasteiger partial charge in [0.05, 0.1) is 12.0 Å². The first-order chi connectivity index (χ1) is 11.6. The molecule has 0 saturated heterocycles. The van der Waals surface area contributed by atoms with Crippen molar-refractivity contribution in [3.63, 3.8) is 0 Å². The molecule has 7 nitrogen and oxygen atoms in total. The van der Waals surface area contributed by atoms with Crippen LogP contribution in [0.5, 0.6) is 5.75 Å². The average Bonchev–Trinajstić information content (AvgIpc) is 2.86. The maximum atomic E-state index is 12.2. The quantitative estimate of drug-likeness (QED) is 0.346. The van der Waals surface area contributed by atoms with Gasteiger partial charge in [0.1, 0.15) is 11.3 Å². The fourth-order valence-electron chi connectivity index (χ4n) is 3.01. The molecular weight excluding hydrogens is 310 g/mol. The highest BCUT2D eigenvalue weighted by Gasteiger charge is 2.20. The van der Waals surface area contributed by atoms with Crippen LogP contribution in [0.2, 0.25) is 0 Å². The van der Waals surface area contributed by atoms with Gasteiger partial charge in [0.25, 0.3) is 11.6 Å². The Morgan fingerprint density at radius 2 is 1.96 bits per heavy atom. The molecule has 2 rings (SSSR count). The Hall–Kier alpha value is -2.15. The molecule has 0 unspecified atom stereocenters. The summed E-state index contributed by atoms with van der Waals surface area (Å²) in [6, 6.07) is 4.67. The van der Waals surface area contributed by atoms with Crippen LogP contribution in [0.15, 0.2) is 18.2 Å². The van der Waals surface area contributed by atoms with Gasteiger partial charge in [-0.15, -0.1) is 0 Å². The number of nitro benzene ring substituents is 1. The number of hydrogen-bond donors (Lipinski definition) is 2. The summed E-state index contributed by atoms with van der Waals surface area (Å²) in [6.45, 7) is 1.10. The van der Waals surface area contributed by atoms with Crippen LogP contribution in [0.3, 0.4) is 0 Å². The van der Waals surface area contributed by atoms with Crippen molar-refractivity contribution in [3.05, 3.63) is 33.9 Å². The molecule has 7 heteroatoms. The molecular formula is C17H25N3O4. The maximum absolute atomic E-state index is 12.2. The molecule has 0 aromatic heterocycles. The predicted molar refractivity (Wildman–Crippen MR) is 91.5 cm³/mol. The summed E-state index contributed by atoms with van der Waals surface area (Å²) in [7, 11) is 1.46. The molecule has 1 aliphatic rings. The molecule has 1 saturated carbocycles. The lowest BCUT2D eigenvalue weighted by molar-refractivity contribution is -0.385. The van der Waals surface area contributed by atoms with Gasteiger partial charge in [-0.2, -0.15) is 0 Å². The Morgan fingerprint density at radius 1 is 1.25 bits per heavy atom. The van der Waals surface area contributed by atoms with Crippen molar-refractivity contribution < 1.29 is 14.5 Å². The van der Waals surface area contributed by atoms with Gasteiger partial charge in [0.15, 0.2) is 0 Å². The highest BCUT2D eigenvalue weighted by atomic mass is 16.6. The zero-order valence-corrected chi connectivity index (χ0v) is 14.0. The third kappa shape index (κ3) is 5.19. The smallest absolute Gasteiger partial charge is 0.282 e. The Kier molecular flexibility index (Phi) is 6.99. The molecule has 0 radical (unpaired) electrons. The maximum Gasteiger partial charge on any atom is 0.282 e. The molecule has 1 aliphatic carbocycles. The second kappa shape index (κ2) is 9.22. The molecule has 1 aromatic carbocycles. The van der Waals surface area contributed by atoms with Crippen LogP contribution in [0, 0.1) is 10.1 Å². The lowest BCUT2D eigenvalue weighted by Gasteiger charge is -2.16. The van der Waals surface area contributed by atoms with Crippen molar-refractivity contribution in [2.75, 3.05) is 20.2 Å². The molecule has 0 heterocycles. The summed E-state index contributed by atoms with van der Waals surface area (Å²) in [4.78, 5) is 22.8. The predicted octanol–water partition coefficient (Wildman–Crippen LogP) is 2.65. The normalized spacial score (nSPS) is 15.5. The minimum atomic E-state index is -0.557. The van der Waals surface area contributed by atoms with Crippen molar-refractivity contribution in [1.29, 1.82) is 0 Å². The van der Waals surface area contributed by atoms with Gasteiger partial charge < -0.3 is 15.4 Å². The Balaban J connectivity index is 1.86. The Labute approximate surface area is 141 Å². The zero-order valence-electron chi connectivity index (χ0n) is 14.0. The number of nitrogens with zero attached hydrogens (tertiary/aromatic N) is 1. The summed E-state index contributed by atoms with van der Waals surface area (Å²) < 4.78 is 5.04. The highest BCUT2D eigenvalue weighted by molar-refractivity contribution is 5.98. The van der Waals surface area contributed by atoms with E-state index in [-0.39, 0.29) is 11.3 Å². The van der Waals surface area contributed by atoms with E-state index >= 15 is 0 Å². The molecule has 2 N–H and O–H groups in total. The first kappa shape index (κ1) is 18.2. The summed E-state index contributed by atoms with van der Waals surface area (Å²) >= 11 is 0. The number of benzene rings is 1. The number of nitro groups is 1.